The summed E-state index contributed by atoms with van der Waals surface area (Å²) in [5.74, 6) is -0.199. The topological polar surface area (TPSA) is 47.9 Å². The van der Waals surface area contributed by atoms with Gasteiger partial charge in [-0.3, -0.25) is 4.79 Å². The molecule has 0 fully saturated rings. The Balaban J connectivity index is 2.23. The van der Waals surface area contributed by atoms with Crippen LogP contribution < -0.4 is 0 Å². The quantitative estimate of drug-likeness (QED) is 0.424. The van der Waals surface area contributed by atoms with Crippen molar-refractivity contribution in [3.8, 4) is 0 Å². The molecule has 18 heavy (non-hydrogen) atoms. The van der Waals surface area contributed by atoms with E-state index in [-0.39, 0.29) is 5.97 Å². The first-order valence-electron chi connectivity index (χ1n) is 6.07. The zero-order valence-corrected chi connectivity index (χ0v) is 10.9. The maximum atomic E-state index is 11.1. The molecule has 0 radical (unpaired) electrons. The van der Waals surface area contributed by atoms with E-state index in [0.717, 1.165) is 11.3 Å². The molecular weight excluding hydrogens is 230 g/mol. The summed E-state index contributed by atoms with van der Waals surface area (Å²) < 4.78 is 4.83. The second-order valence-corrected chi connectivity index (χ2v) is 3.89. The first-order valence-corrected chi connectivity index (χ1v) is 6.07. The van der Waals surface area contributed by atoms with Gasteiger partial charge in [-0.05, 0) is 25.8 Å². The van der Waals surface area contributed by atoms with E-state index in [1.165, 1.54) is 0 Å². The Morgan fingerprint density at radius 3 is 2.61 bits per heavy atom. The lowest BCUT2D eigenvalue weighted by Crippen LogP contribution is -2.06. The number of oxime groups is 1. The molecule has 0 N–H and O–H groups in total. The van der Waals surface area contributed by atoms with Gasteiger partial charge in [0.05, 0.1) is 18.7 Å². The van der Waals surface area contributed by atoms with Crippen molar-refractivity contribution in [3.05, 3.63) is 35.9 Å². The summed E-state index contributed by atoms with van der Waals surface area (Å²) in [5.41, 5.74) is 1.86. The van der Waals surface area contributed by atoms with Gasteiger partial charge in [-0.15, -0.1) is 0 Å². The molecule has 1 aromatic carbocycles. The average molecular weight is 249 g/mol. The molecule has 1 aromatic rings. The fraction of sp³-hybridized carbons (Fsp3) is 0.429. The standard InChI is InChI=1S/C14H19NO3/c1-3-17-14(16)10-9-12(2)15-18-11-13-7-5-4-6-8-13/h4-8H,3,9-11H2,1-2H3/b15-12+. The number of benzene rings is 1. The first kappa shape index (κ1) is 14.2. The minimum Gasteiger partial charge on any atom is -0.466 e. The molecule has 0 bridgehead atoms. The molecule has 0 aromatic heterocycles. The van der Waals surface area contributed by atoms with Crippen molar-refractivity contribution in [3.63, 3.8) is 0 Å². The summed E-state index contributed by atoms with van der Waals surface area (Å²) in [7, 11) is 0. The number of rotatable bonds is 7. The highest BCUT2D eigenvalue weighted by Gasteiger charge is 2.02. The van der Waals surface area contributed by atoms with Crippen molar-refractivity contribution in [2.24, 2.45) is 5.16 Å². The number of ether oxygens (including phenoxy) is 1. The number of esters is 1. The molecule has 0 aliphatic carbocycles. The minimum absolute atomic E-state index is 0.199. The molecule has 0 aliphatic rings. The van der Waals surface area contributed by atoms with Gasteiger partial charge in [-0.2, -0.15) is 0 Å². The lowest BCUT2D eigenvalue weighted by molar-refractivity contribution is -0.142. The van der Waals surface area contributed by atoms with E-state index in [9.17, 15) is 4.79 Å². The van der Waals surface area contributed by atoms with Crippen LogP contribution in [-0.2, 0) is 21.0 Å². The zero-order chi connectivity index (χ0) is 13.2. The molecule has 1 rings (SSSR count). The number of carbonyl (C=O) groups is 1. The van der Waals surface area contributed by atoms with Crippen LogP contribution in [0.3, 0.4) is 0 Å². The fourth-order valence-electron chi connectivity index (χ4n) is 1.35. The van der Waals surface area contributed by atoms with Gasteiger partial charge in [0.25, 0.3) is 0 Å². The Labute approximate surface area is 108 Å². The van der Waals surface area contributed by atoms with Crippen LogP contribution in [0.2, 0.25) is 0 Å². The van der Waals surface area contributed by atoms with E-state index in [1.807, 2.05) is 37.3 Å². The zero-order valence-electron chi connectivity index (χ0n) is 10.9. The van der Waals surface area contributed by atoms with Crippen LogP contribution >= 0.6 is 0 Å². The number of hydrogen-bond donors (Lipinski definition) is 0. The van der Waals surface area contributed by atoms with E-state index in [4.69, 9.17) is 9.57 Å². The summed E-state index contributed by atoms with van der Waals surface area (Å²) in [6.45, 7) is 4.49. The molecule has 0 heterocycles. The lowest BCUT2D eigenvalue weighted by atomic mass is 10.2. The monoisotopic (exact) mass is 249 g/mol. The second kappa shape index (κ2) is 8.28. The van der Waals surface area contributed by atoms with Crippen LogP contribution in [0, 0.1) is 0 Å². The molecule has 98 valence electrons. The van der Waals surface area contributed by atoms with E-state index in [0.29, 0.717) is 26.1 Å². The highest BCUT2D eigenvalue weighted by atomic mass is 16.6. The van der Waals surface area contributed by atoms with Gasteiger partial charge in [0.15, 0.2) is 0 Å². The molecule has 0 atom stereocenters. The molecular formula is C14H19NO3. The summed E-state index contributed by atoms with van der Waals surface area (Å²) >= 11 is 0. The van der Waals surface area contributed by atoms with Crippen LogP contribution in [0.5, 0.6) is 0 Å². The van der Waals surface area contributed by atoms with Gasteiger partial charge in [0.1, 0.15) is 6.61 Å². The fourth-order valence-corrected chi connectivity index (χ4v) is 1.35. The predicted octanol–water partition coefficient (Wildman–Crippen LogP) is 2.92. The van der Waals surface area contributed by atoms with Crippen molar-refractivity contribution in [1.29, 1.82) is 0 Å². The Hall–Kier alpha value is -1.84. The number of hydrogen-bond acceptors (Lipinski definition) is 4. The lowest BCUT2D eigenvalue weighted by Gasteiger charge is -2.03. The molecule has 0 spiro atoms. The Bertz CT molecular complexity index is 387. The molecule has 0 aliphatic heterocycles. The van der Waals surface area contributed by atoms with Gasteiger partial charge in [0, 0.05) is 0 Å². The third-order valence-electron chi connectivity index (χ3n) is 2.29. The average Bonchev–Trinajstić information content (AvgIpc) is 2.38. The highest BCUT2D eigenvalue weighted by Crippen LogP contribution is 2.02. The summed E-state index contributed by atoms with van der Waals surface area (Å²) in [4.78, 5) is 16.3. The third-order valence-corrected chi connectivity index (χ3v) is 2.29. The first-order chi connectivity index (χ1) is 8.72. The maximum Gasteiger partial charge on any atom is 0.306 e. The largest absolute Gasteiger partial charge is 0.466 e. The van der Waals surface area contributed by atoms with E-state index in [2.05, 4.69) is 5.16 Å². The van der Waals surface area contributed by atoms with Crippen molar-refractivity contribution in [2.75, 3.05) is 6.61 Å². The molecule has 4 heteroatoms. The molecule has 4 nitrogen and oxygen atoms in total. The van der Waals surface area contributed by atoms with Gasteiger partial charge >= 0.3 is 5.97 Å². The van der Waals surface area contributed by atoms with E-state index in [1.54, 1.807) is 6.92 Å². The van der Waals surface area contributed by atoms with Crippen molar-refractivity contribution in [1.82, 2.24) is 0 Å². The molecule has 0 saturated heterocycles. The second-order valence-electron chi connectivity index (χ2n) is 3.89. The predicted molar refractivity (Wildman–Crippen MR) is 70.2 cm³/mol. The highest BCUT2D eigenvalue weighted by molar-refractivity contribution is 5.85. The van der Waals surface area contributed by atoms with Gasteiger partial charge < -0.3 is 9.57 Å². The smallest absolute Gasteiger partial charge is 0.306 e. The number of nitrogens with zero attached hydrogens (tertiary/aromatic N) is 1. The van der Waals surface area contributed by atoms with Gasteiger partial charge in [-0.25, -0.2) is 0 Å². The molecule has 0 amide bonds. The van der Waals surface area contributed by atoms with Crippen LogP contribution in [0.15, 0.2) is 35.5 Å². The maximum absolute atomic E-state index is 11.1. The summed E-state index contributed by atoms with van der Waals surface area (Å²) in [6.07, 6.45) is 0.908. The summed E-state index contributed by atoms with van der Waals surface area (Å²) in [5, 5.41) is 3.96. The Morgan fingerprint density at radius 1 is 1.22 bits per heavy atom. The van der Waals surface area contributed by atoms with Gasteiger partial charge in [-0.1, -0.05) is 35.5 Å². The van der Waals surface area contributed by atoms with E-state index >= 15 is 0 Å². The SMILES string of the molecule is CCOC(=O)CC/C(C)=N/OCc1ccccc1. The number of carbonyl (C=O) groups excluding carboxylic acids is 1. The van der Waals surface area contributed by atoms with Crippen LogP contribution in [0.4, 0.5) is 0 Å². The van der Waals surface area contributed by atoms with Gasteiger partial charge in [0.2, 0.25) is 0 Å². The molecule has 0 saturated carbocycles. The van der Waals surface area contributed by atoms with Crippen molar-refractivity contribution in [2.45, 2.75) is 33.3 Å². The van der Waals surface area contributed by atoms with Crippen LogP contribution in [0.1, 0.15) is 32.3 Å². The van der Waals surface area contributed by atoms with Crippen LogP contribution in [0.25, 0.3) is 0 Å². The van der Waals surface area contributed by atoms with Crippen molar-refractivity contribution >= 4 is 11.7 Å². The van der Waals surface area contributed by atoms with E-state index < -0.39 is 0 Å². The Morgan fingerprint density at radius 2 is 1.94 bits per heavy atom. The summed E-state index contributed by atoms with van der Waals surface area (Å²) in [6, 6.07) is 9.82. The normalized spacial score (nSPS) is 11.1. The third kappa shape index (κ3) is 6.03. The minimum atomic E-state index is -0.199. The van der Waals surface area contributed by atoms with Crippen LogP contribution in [-0.4, -0.2) is 18.3 Å². The Kier molecular flexibility index (Phi) is 6.54. The molecule has 0 unspecified atom stereocenters. The van der Waals surface area contributed by atoms with Crippen molar-refractivity contribution < 1.29 is 14.4 Å².